The van der Waals surface area contributed by atoms with Gasteiger partial charge in [0.15, 0.2) is 6.10 Å². The van der Waals surface area contributed by atoms with Crippen molar-refractivity contribution >= 4 is 11.6 Å². The summed E-state index contributed by atoms with van der Waals surface area (Å²) in [5.41, 5.74) is 2.37. The van der Waals surface area contributed by atoms with E-state index in [4.69, 9.17) is 4.74 Å². The summed E-state index contributed by atoms with van der Waals surface area (Å²) in [6, 6.07) is 17.9. The number of piperidine rings is 1. The fourth-order valence-electron chi connectivity index (χ4n) is 3.57. The minimum Gasteiger partial charge on any atom is -0.481 e. The maximum atomic E-state index is 12.4. The van der Waals surface area contributed by atoms with Gasteiger partial charge in [0.1, 0.15) is 5.75 Å². The van der Waals surface area contributed by atoms with Crippen LogP contribution in [0.15, 0.2) is 54.6 Å². The lowest BCUT2D eigenvalue weighted by molar-refractivity contribution is -0.127. The number of rotatable bonds is 6. The molecule has 144 valence electrons. The summed E-state index contributed by atoms with van der Waals surface area (Å²) in [6.45, 7) is 8.35. The molecule has 1 fully saturated rings. The van der Waals surface area contributed by atoms with E-state index in [1.54, 1.807) is 6.92 Å². The van der Waals surface area contributed by atoms with Crippen molar-refractivity contribution in [2.24, 2.45) is 5.92 Å². The normalized spacial score (nSPS) is 19.2. The quantitative estimate of drug-likeness (QED) is 0.814. The molecule has 4 heteroatoms. The Morgan fingerprint density at radius 2 is 1.81 bits per heavy atom. The number of carbonyl (C=O) groups excluding carboxylic acids is 1. The Labute approximate surface area is 162 Å². The van der Waals surface area contributed by atoms with Gasteiger partial charge in [-0.3, -0.25) is 4.79 Å². The van der Waals surface area contributed by atoms with Crippen molar-refractivity contribution in [3.05, 3.63) is 60.2 Å². The second-order valence-corrected chi connectivity index (χ2v) is 7.59. The van der Waals surface area contributed by atoms with Gasteiger partial charge < -0.3 is 15.0 Å². The van der Waals surface area contributed by atoms with E-state index in [1.165, 1.54) is 18.5 Å². The maximum Gasteiger partial charge on any atom is 0.261 e. The van der Waals surface area contributed by atoms with Gasteiger partial charge in [0.25, 0.3) is 5.91 Å². The van der Waals surface area contributed by atoms with Gasteiger partial charge in [0.05, 0.1) is 6.04 Å². The van der Waals surface area contributed by atoms with Crippen LogP contribution < -0.4 is 15.0 Å². The molecule has 3 rings (SSSR count). The first-order chi connectivity index (χ1) is 13.0. The molecule has 0 aromatic heterocycles. The molecule has 0 spiro atoms. The second-order valence-electron chi connectivity index (χ2n) is 7.59. The van der Waals surface area contributed by atoms with Gasteiger partial charge >= 0.3 is 0 Å². The predicted octanol–water partition coefficient (Wildman–Crippen LogP) is 4.57. The van der Waals surface area contributed by atoms with Gasteiger partial charge in [-0.1, -0.05) is 37.3 Å². The van der Waals surface area contributed by atoms with Crippen LogP contribution in [0.25, 0.3) is 0 Å². The first kappa shape index (κ1) is 19.3. The van der Waals surface area contributed by atoms with Gasteiger partial charge in [-0.15, -0.1) is 0 Å². The van der Waals surface area contributed by atoms with Gasteiger partial charge in [-0.2, -0.15) is 0 Å². The smallest absolute Gasteiger partial charge is 0.261 e. The lowest BCUT2D eigenvalue weighted by Crippen LogP contribution is -2.37. The Morgan fingerprint density at radius 1 is 1.11 bits per heavy atom. The molecule has 1 aliphatic rings. The highest BCUT2D eigenvalue weighted by atomic mass is 16.5. The molecule has 27 heavy (non-hydrogen) atoms. The zero-order valence-corrected chi connectivity index (χ0v) is 16.5. The molecule has 0 aliphatic carbocycles. The van der Waals surface area contributed by atoms with Crippen LogP contribution in [0, 0.1) is 5.92 Å². The van der Waals surface area contributed by atoms with Crippen LogP contribution in [0.2, 0.25) is 0 Å². The van der Waals surface area contributed by atoms with Crippen LogP contribution in [0.3, 0.4) is 0 Å². The zero-order valence-electron chi connectivity index (χ0n) is 16.5. The van der Waals surface area contributed by atoms with Crippen molar-refractivity contribution in [1.29, 1.82) is 0 Å². The SMILES string of the molecule is C[C@@H]1CCCN(c2ccc([C@H](C)NC(=O)[C@@H](C)Oc3ccccc3)cc2)C1. The van der Waals surface area contributed by atoms with Crippen LogP contribution in [0.4, 0.5) is 5.69 Å². The molecule has 0 bridgehead atoms. The first-order valence-corrected chi connectivity index (χ1v) is 9.90. The van der Waals surface area contributed by atoms with Crippen LogP contribution in [-0.4, -0.2) is 25.1 Å². The first-order valence-electron chi connectivity index (χ1n) is 9.90. The summed E-state index contributed by atoms with van der Waals surface area (Å²) < 4.78 is 5.70. The molecule has 3 atom stereocenters. The zero-order chi connectivity index (χ0) is 19.2. The maximum absolute atomic E-state index is 12.4. The number of hydrogen-bond donors (Lipinski definition) is 1. The van der Waals surface area contributed by atoms with Crippen molar-refractivity contribution in [3.8, 4) is 5.75 Å². The van der Waals surface area contributed by atoms with Crippen LogP contribution >= 0.6 is 0 Å². The molecule has 4 nitrogen and oxygen atoms in total. The van der Waals surface area contributed by atoms with E-state index >= 15 is 0 Å². The van der Waals surface area contributed by atoms with Crippen molar-refractivity contribution in [1.82, 2.24) is 5.32 Å². The van der Waals surface area contributed by atoms with E-state index in [0.29, 0.717) is 5.75 Å². The van der Waals surface area contributed by atoms with Gasteiger partial charge in [-0.25, -0.2) is 0 Å². The lowest BCUT2D eigenvalue weighted by Gasteiger charge is -2.33. The highest BCUT2D eigenvalue weighted by Crippen LogP contribution is 2.24. The fraction of sp³-hybridized carbons (Fsp3) is 0.435. The molecule has 1 saturated heterocycles. The molecule has 0 unspecified atom stereocenters. The highest BCUT2D eigenvalue weighted by Gasteiger charge is 2.19. The Bertz CT molecular complexity index is 730. The number of benzene rings is 2. The lowest BCUT2D eigenvalue weighted by atomic mass is 9.99. The van der Waals surface area contributed by atoms with Crippen molar-refractivity contribution in [2.45, 2.75) is 45.8 Å². The molecular weight excluding hydrogens is 336 g/mol. The summed E-state index contributed by atoms with van der Waals surface area (Å²) in [6.07, 6.45) is 2.04. The number of ether oxygens (including phenoxy) is 1. The standard InChI is InChI=1S/C23H30N2O2/c1-17-8-7-15-25(16-17)21-13-11-20(12-14-21)18(2)24-23(26)19(3)27-22-9-5-4-6-10-22/h4-6,9-14,17-19H,7-8,15-16H2,1-3H3,(H,24,26)/t17-,18+,19-/m1/s1. The number of nitrogens with one attached hydrogen (secondary N) is 1. The molecule has 1 amide bonds. The number of hydrogen-bond acceptors (Lipinski definition) is 3. The molecule has 0 radical (unpaired) electrons. The summed E-state index contributed by atoms with van der Waals surface area (Å²) >= 11 is 0. The number of carbonyl (C=O) groups is 1. The van der Waals surface area contributed by atoms with E-state index < -0.39 is 6.10 Å². The molecule has 1 aliphatic heterocycles. The van der Waals surface area contributed by atoms with Gasteiger partial charge in [-0.05, 0) is 62.4 Å². The Kier molecular flexibility index (Phi) is 6.38. The monoisotopic (exact) mass is 366 g/mol. The molecule has 1 N–H and O–H groups in total. The Hall–Kier alpha value is -2.49. The van der Waals surface area contributed by atoms with Gasteiger partial charge in [0.2, 0.25) is 0 Å². The van der Waals surface area contributed by atoms with Crippen LogP contribution in [0.5, 0.6) is 5.75 Å². The minimum atomic E-state index is -0.538. The second kappa shape index (κ2) is 8.94. The molecule has 1 heterocycles. The van der Waals surface area contributed by atoms with E-state index in [0.717, 1.165) is 24.6 Å². The van der Waals surface area contributed by atoms with Crippen molar-refractivity contribution < 1.29 is 9.53 Å². The predicted molar refractivity (Wildman–Crippen MR) is 110 cm³/mol. The van der Waals surface area contributed by atoms with Crippen LogP contribution in [0.1, 0.15) is 45.2 Å². The van der Waals surface area contributed by atoms with E-state index in [9.17, 15) is 4.79 Å². The minimum absolute atomic E-state index is 0.0614. The van der Waals surface area contributed by atoms with Crippen molar-refractivity contribution in [2.75, 3.05) is 18.0 Å². The third-order valence-corrected chi connectivity index (χ3v) is 5.20. The third kappa shape index (κ3) is 5.25. The van der Waals surface area contributed by atoms with E-state index in [1.807, 2.05) is 37.3 Å². The number of nitrogens with zero attached hydrogens (tertiary/aromatic N) is 1. The number of amides is 1. The summed E-state index contributed by atoms with van der Waals surface area (Å²) in [5.74, 6) is 1.34. The van der Waals surface area contributed by atoms with E-state index in [-0.39, 0.29) is 11.9 Å². The summed E-state index contributed by atoms with van der Waals surface area (Å²) in [7, 11) is 0. The third-order valence-electron chi connectivity index (χ3n) is 5.20. The molecule has 2 aromatic rings. The van der Waals surface area contributed by atoms with Crippen molar-refractivity contribution in [3.63, 3.8) is 0 Å². The van der Waals surface area contributed by atoms with E-state index in [2.05, 4.69) is 41.4 Å². The average molecular weight is 367 g/mol. The largest absolute Gasteiger partial charge is 0.481 e. The average Bonchev–Trinajstić information content (AvgIpc) is 2.69. The summed E-state index contributed by atoms with van der Waals surface area (Å²) in [4.78, 5) is 14.9. The Morgan fingerprint density at radius 3 is 2.48 bits per heavy atom. The number of anilines is 1. The Balaban J connectivity index is 1.55. The highest BCUT2D eigenvalue weighted by molar-refractivity contribution is 5.81. The topological polar surface area (TPSA) is 41.6 Å². The van der Waals surface area contributed by atoms with Crippen LogP contribution in [-0.2, 0) is 4.79 Å². The summed E-state index contributed by atoms with van der Waals surface area (Å²) in [5, 5.41) is 3.04. The number of para-hydroxylation sites is 1. The fourth-order valence-corrected chi connectivity index (χ4v) is 3.57. The molecule has 2 aromatic carbocycles. The van der Waals surface area contributed by atoms with Gasteiger partial charge in [0, 0.05) is 18.8 Å². The molecule has 0 saturated carbocycles. The molecular formula is C23H30N2O2.